The van der Waals surface area contributed by atoms with E-state index >= 15 is 0 Å². The average Bonchev–Trinajstić information content (AvgIpc) is 2.22. The third kappa shape index (κ3) is 3.15. The molecule has 0 aromatic heterocycles. The molecule has 1 fully saturated rings. The van der Waals surface area contributed by atoms with Gasteiger partial charge in [0.25, 0.3) is 0 Å². The van der Waals surface area contributed by atoms with Crippen molar-refractivity contribution in [2.75, 3.05) is 11.1 Å². The molecule has 3 N–H and O–H groups in total. The van der Waals surface area contributed by atoms with E-state index in [0.717, 1.165) is 23.2 Å². The molecule has 1 aliphatic carbocycles. The highest BCUT2D eigenvalue weighted by molar-refractivity contribution is 5.67. The Balaban J connectivity index is 2.07. The van der Waals surface area contributed by atoms with Crippen LogP contribution in [0.5, 0.6) is 0 Å². The number of aryl methyl sites for hydroxylation is 1. The lowest BCUT2D eigenvalue weighted by atomic mass is 9.80. The van der Waals surface area contributed by atoms with Crippen LogP contribution in [-0.2, 0) is 0 Å². The minimum Gasteiger partial charge on any atom is -0.397 e. The topological polar surface area (TPSA) is 38.0 Å². The largest absolute Gasteiger partial charge is 0.397 e. The molecule has 1 saturated carbocycles. The standard InChI is InChI=1S/C15H24N2/c1-10-4-5-14(16)15(9-10)17-13-7-11(2)6-12(3)8-13/h4-5,9,11-13,17H,6-8,16H2,1-3H3. The van der Waals surface area contributed by atoms with Crippen molar-refractivity contribution in [1.29, 1.82) is 0 Å². The van der Waals surface area contributed by atoms with Gasteiger partial charge in [-0.3, -0.25) is 0 Å². The molecule has 17 heavy (non-hydrogen) atoms. The van der Waals surface area contributed by atoms with E-state index in [4.69, 9.17) is 5.73 Å². The highest BCUT2D eigenvalue weighted by atomic mass is 14.9. The Morgan fingerprint density at radius 2 is 1.76 bits per heavy atom. The van der Waals surface area contributed by atoms with Crippen molar-refractivity contribution in [1.82, 2.24) is 0 Å². The number of anilines is 2. The number of rotatable bonds is 2. The van der Waals surface area contributed by atoms with Gasteiger partial charge in [-0.25, -0.2) is 0 Å². The smallest absolute Gasteiger partial charge is 0.0578 e. The van der Waals surface area contributed by atoms with Gasteiger partial charge in [-0.15, -0.1) is 0 Å². The van der Waals surface area contributed by atoms with E-state index < -0.39 is 0 Å². The van der Waals surface area contributed by atoms with Crippen LogP contribution in [0, 0.1) is 18.8 Å². The second-order valence-electron chi connectivity index (χ2n) is 5.85. The van der Waals surface area contributed by atoms with Crippen molar-refractivity contribution in [2.45, 2.75) is 46.1 Å². The quantitative estimate of drug-likeness (QED) is 0.761. The zero-order chi connectivity index (χ0) is 12.4. The molecular weight excluding hydrogens is 208 g/mol. The van der Waals surface area contributed by atoms with Crippen LogP contribution in [0.4, 0.5) is 11.4 Å². The zero-order valence-corrected chi connectivity index (χ0v) is 11.2. The molecule has 1 aromatic rings. The molecule has 0 radical (unpaired) electrons. The lowest BCUT2D eigenvalue weighted by Gasteiger charge is -2.33. The third-order valence-corrected chi connectivity index (χ3v) is 3.75. The summed E-state index contributed by atoms with van der Waals surface area (Å²) in [6.07, 6.45) is 3.89. The third-order valence-electron chi connectivity index (χ3n) is 3.75. The fourth-order valence-electron chi connectivity index (χ4n) is 3.08. The van der Waals surface area contributed by atoms with E-state index in [1.54, 1.807) is 0 Å². The predicted molar refractivity (Wildman–Crippen MR) is 75.2 cm³/mol. The highest BCUT2D eigenvalue weighted by Gasteiger charge is 2.23. The van der Waals surface area contributed by atoms with Crippen molar-refractivity contribution in [2.24, 2.45) is 11.8 Å². The van der Waals surface area contributed by atoms with E-state index in [2.05, 4.69) is 38.2 Å². The van der Waals surface area contributed by atoms with Crippen LogP contribution in [0.15, 0.2) is 18.2 Å². The summed E-state index contributed by atoms with van der Waals surface area (Å²) in [5.74, 6) is 1.64. The molecule has 94 valence electrons. The summed E-state index contributed by atoms with van der Waals surface area (Å²) in [6.45, 7) is 6.81. The van der Waals surface area contributed by atoms with Gasteiger partial charge >= 0.3 is 0 Å². The molecule has 0 aliphatic heterocycles. The molecule has 2 nitrogen and oxygen atoms in total. The van der Waals surface area contributed by atoms with Gasteiger partial charge in [0.1, 0.15) is 0 Å². The Morgan fingerprint density at radius 3 is 2.41 bits per heavy atom. The van der Waals surface area contributed by atoms with E-state index in [1.165, 1.54) is 24.8 Å². The second-order valence-corrected chi connectivity index (χ2v) is 5.85. The minimum atomic E-state index is 0.581. The van der Waals surface area contributed by atoms with Crippen LogP contribution in [0.25, 0.3) is 0 Å². The monoisotopic (exact) mass is 232 g/mol. The number of nitrogen functional groups attached to an aromatic ring is 1. The van der Waals surface area contributed by atoms with Crippen molar-refractivity contribution < 1.29 is 0 Å². The van der Waals surface area contributed by atoms with Gasteiger partial charge in [0.15, 0.2) is 0 Å². The number of nitrogens with one attached hydrogen (secondary N) is 1. The average molecular weight is 232 g/mol. The van der Waals surface area contributed by atoms with Gasteiger partial charge in [0, 0.05) is 6.04 Å². The summed E-state index contributed by atoms with van der Waals surface area (Å²) in [4.78, 5) is 0. The predicted octanol–water partition coefficient (Wildman–Crippen LogP) is 3.81. The van der Waals surface area contributed by atoms with Crippen LogP contribution in [0.2, 0.25) is 0 Å². The highest BCUT2D eigenvalue weighted by Crippen LogP contribution is 2.31. The summed E-state index contributed by atoms with van der Waals surface area (Å²) in [7, 11) is 0. The van der Waals surface area contributed by atoms with Crippen molar-refractivity contribution in [3.05, 3.63) is 23.8 Å². The maximum atomic E-state index is 6.01. The SMILES string of the molecule is Cc1ccc(N)c(NC2CC(C)CC(C)C2)c1. The molecule has 0 spiro atoms. The fourth-order valence-corrected chi connectivity index (χ4v) is 3.08. The van der Waals surface area contributed by atoms with Gasteiger partial charge in [0.05, 0.1) is 11.4 Å². The molecule has 1 aliphatic rings. The normalized spacial score (nSPS) is 29.0. The van der Waals surface area contributed by atoms with Crippen LogP contribution in [0.1, 0.15) is 38.7 Å². The molecule has 2 unspecified atom stereocenters. The van der Waals surface area contributed by atoms with Crippen LogP contribution in [0.3, 0.4) is 0 Å². The summed E-state index contributed by atoms with van der Waals surface area (Å²) in [5.41, 5.74) is 9.25. The molecule has 2 atom stereocenters. The van der Waals surface area contributed by atoms with Crippen molar-refractivity contribution >= 4 is 11.4 Å². The Bertz CT molecular complexity index is 377. The Morgan fingerprint density at radius 1 is 1.12 bits per heavy atom. The molecule has 0 bridgehead atoms. The minimum absolute atomic E-state index is 0.581. The van der Waals surface area contributed by atoms with Gasteiger partial charge in [-0.1, -0.05) is 19.9 Å². The fraction of sp³-hybridized carbons (Fsp3) is 0.600. The maximum absolute atomic E-state index is 6.01. The maximum Gasteiger partial charge on any atom is 0.0578 e. The second kappa shape index (κ2) is 4.99. The summed E-state index contributed by atoms with van der Waals surface area (Å²) in [5, 5.41) is 3.63. The molecule has 1 aromatic carbocycles. The van der Waals surface area contributed by atoms with Crippen LogP contribution in [-0.4, -0.2) is 6.04 Å². The van der Waals surface area contributed by atoms with E-state index in [-0.39, 0.29) is 0 Å². The summed E-state index contributed by atoms with van der Waals surface area (Å²) in [6, 6.07) is 6.79. The first-order valence-corrected chi connectivity index (χ1v) is 6.67. The zero-order valence-electron chi connectivity index (χ0n) is 11.2. The van der Waals surface area contributed by atoms with E-state index in [1.807, 2.05) is 6.07 Å². The first-order chi connectivity index (χ1) is 8.04. The Hall–Kier alpha value is -1.18. The van der Waals surface area contributed by atoms with E-state index in [9.17, 15) is 0 Å². The Labute approximate surface area is 105 Å². The number of benzene rings is 1. The lowest BCUT2D eigenvalue weighted by molar-refractivity contribution is 0.281. The van der Waals surface area contributed by atoms with Crippen LogP contribution < -0.4 is 11.1 Å². The first kappa shape index (κ1) is 12.3. The molecule has 2 heteroatoms. The first-order valence-electron chi connectivity index (χ1n) is 6.67. The molecule has 0 heterocycles. The van der Waals surface area contributed by atoms with Crippen LogP contribution >= 0.6 is 0 Å². The van der Waals surface area contributed by atoms with Crippen molar-refractivity contribution in [3.63, 3.8) is 0 Å². The Kier molecular flexibility index (Phi) is 3.60. The van der Waals surface area contributed by atoms with Crippen molar-refractivity contribution in [3.8, 4) is 0 Å². The summed E-state index contributed by atoms with van der Waals surface area (Å²) >= 11 is 0. The van der Waals surface area contributed by atoms with Gasteiger partial charge in [-0.05, 0) is 55.7 Å². The summed E-state index contributed by atoms with van der Waals surface area (Å²) < 4.78 is 0. The number of nitrogens with two attached hydrogens (primary N) is 1. The molecule has 2 rings (SSSR count). The molecule has 0 saturated heterocycles. The molecular formula is C15H24N2. The number of hydrogen-bond acceptors (Lipinski definition) is 2. The lowest BCUT2D eigenvalue weighted by Crippen LogP contribution is -2.30. The molecule has 0 amide bonds. The van der Waals surface area contributed by atoms with Gasteiger partial charge < -0.3 is 11.1 Å². The van der Waals surface area contributed by atoms with E-state index in [0.29, 0.717) is 6.04 Å². The number of hydrogen-bond donors (Lipinski definition) is 2. The van der Waals surface area contributed by atoms with Gasteiger partial charge in [0.2, 0.25) is 0 Å². The van der Waals surface area contributed by atoms with Gasteiger partial charge in [-0.2, -0.15) is 0 Å².